The predicted molar refractivity (Wildman–Crippen MR) is 119 cm³/mol. The molecule has 1 N–H and O–H groups in total. The molecule has 0 aliphatic carbocycles. The molecular formula is C20H20FN7O6. The molecule has 0 saturated heterocycles. The zero-order valence-electron chi connectivity index (χ0n) is 18.4. The van der Waals surface area contributed by atoms with Gasteiger partial charge in [0.05, 0.1) is 46.9 Å². The summed E-state index contributed by atoms with van der Waals surface area (Å²) in [6, 6.07) is 5.99. The number of nitro groups is 2. The molecule has 13 nitrogen and oxygen atoms in total. The summed E-state index contributed by atoms with van der Waals surface area (Å²) in [5.74, 6) is -1.46. The van der Waals surface area contributed by atoms with Gasteiger partial charge in [-0.1, -0.05) is 0 Å². The van der Waals surface area contributed by atoms with Crippen molar-refractivity contribution in [1.29, 1.82) is 5.26 Å². The minimum atomic E-state index is -1.32. The Morgan fingerprint density at radius 1 is 1.18 bits per heavy atom. The number of carbonyl (C=O) groups excluding carboxylic acids is 1. The number of amides is 1. The Hall–Kier alpha value is -4.67. The quantitative estimate of drug-likeness (QED) is 0.291. The molecule has 0 heterocycles. The summed E-state index contributed by atoms with van der Waals surface area (Å²) < 4.78 is 19.5. The first-order valence-electron chi connectivity index (χ1n) is 9.78. The van der Waals surface area contributed by atoms with E-state index in [4.69, 9.17) is 10.00 Å². The van der Waals surface area contributed by atoms with E-state index in [0.29, 0.717) is 36.7 Å². The number of hydrogen-bond donors (Lipinski definition) is 1. The van der Waals surface area contributed by atoms with Crippen LogP contribution in [0.15, 0.2) is 34.5 Å². The molecule has 2 aromatic carbocycles. The molecule has 2 aromatic rings. The zero-order chi connectivity index (χ0) is 25.4. The van der Waals surface area contributed by atoms with Crippen molar-refractivity contribution < 1.29 is 23.8 Å². The third-order valence-corrected chi connectivity index (χ3v) is 4.53. The van der Waals surface area contributed by atoms with Gasteiger partial charge in [-0.2, -0.15) is 9.65 Å². The van der Waals surface area contributed by atoms with Crippen LogP contribution < -0.4 is 15.0 Å². The maximum atomic E-state index is 14.1. The Labute approximate surface area is 192 Å². The Morgan fingerprint density at radius 2 is 1.82 bits per heavy atom. The van der Waals surface area contributed by atoms with Crippen LogP contribution >= 0.6 is 0 Å². The Morgan fingerprint density at radius 3 is 2.35 bits per heavy atom. The van der Waals surface area contributed by atoms with Crippen LogP contribution in [0.4, 0.5) is 38.5 Å². The highest BCUT2D eigenvalue weighted by molar-refractivity contribution is 5.93. The summed E-state index contributed by atoms with van der Waals surface area (Å²) in [6.07, 6.45) is 0.239. The van der Waals surface area contributed by atoms with Crippen molar-refractivity contribution in [3.8, 4) is 11.8 Å². The van der Waals surface area contributed by atoms with E-state index in [-0.39, 0.29) is 17.8 Å². The van der Waals surface area contributed by atoms with Crippen LogP contribution in [-0.2, 0) is 4.79 Å². The molecule has 178 valence electrons. The highest BCUT2D eigenvalue weighted by Gasteiger charge is 2.25. The highest BCUT2D eigenvalue weighted by Crippen LogP contribution is 2.41. The summed E-state index contributed by atoms with van der Waals surface area (Å²) in [5, 5.41) is 41.3. The van der Waals surface area contributed by atoms with E-state index in [0.717, 1.165) is 0 Å². The number of nitrogens with zero attached hydrogens (tertiary/aromatic N) is 6. The van der Waals surface area contributed by atoms with Crippen molar-refractivity contribution in [3.63, 3.8) is 0 Å². The smallest absolute Gasteiger partial charge is 0.311 e. The zero-order valence-corrected chi connectivity index (χ0v) is 18.4. The molecular weight excluding hydrogens is 453 g/mol. The normalized spacial score (nSPS) is 10.6. The van der Waals surface area contributed by atoms with Crippen molar-refractivity contribution >= 4 is 40.0 Å². The maximum absolute atomic E-state index is 14.1. The molecule has 34 heavy (non-hydrogen) atoms. The van der Waals surface area contributed by atoms with Gasteiger partial charge in [0.1, 0.15) is 11.4 Å². The lowest BCUT2D eigenvalue weighted by molar-refractivity contribution is -0.395. The third-order valence-electron chi connectivity index (χ3n) is 4.53. The molecule has 14 heteroatoms. The van der Waals surface area contributed by atoms with Crippen molar-refractivity contribution in [3.05, 3.63) is 50.3 Å². The van der Waals surface area contributed by atoms with Crippen LogP contribution in [0.5, 0.6) is 5.75 Å². The summed E-state index contributed by atoms with van der Waals surface area (Å²) in [4.78, 5) is 33.7. The monoisotopic (exact) mass is 473 g/mol. The van der Waals surface area contributed by atoms with Gasteiger partial charge in [-0.15, -0.1) is 10.2 Å². The van der Waals surface area contributed by atoms with Gasteiger partial charge in [-0.05, 0) is 13.0 Å². The summed E-state index contributed by atoms with van der Waals surface area (Å²) >= 11 is 0. The van der Waals surface area contributed by atoms with Gasteiger partial charge in [0, 0.05) is 32.1 Å². The molecule has 0 bridgehead atoms. The van der Waals surface area contributed by atoms with E-state index in [1.54, 1.807) is 6.07 Å². The lowest BCUT2D eigenvalue weighted by atomic mass is 10.2. The van der Waals surface area contributed by atoms with Crippen LogP contribution in [0.3, 0.4) is 0 Å². The number of nitriles is 1. The average Bonchev–Trinajstić information content (AvgIpc) is 2.77. The minimum absolute atomic E-state index is 0.0280. The number of anilines is 2. The molecule has 0 atom stereocenters. The van der Waals surface area contributed by atoms with E-state index >= 15 is 0 Å². The predicted octanol–water partition coefficient (Wildman–Crippen LogP) is 4.76. The van der Waals surface area contributed by atoms with Crippen LogP contribution in [0.25, 0.3) is 0 Å². The fourth-order valence-electron chi connectivity index (χ4n) is 2.99. The maximum Gasteiger partial charge on any atom is 0.311 e. The second kappa shape index (κ2) is 11.3. The number of rotatable bonds is 10. The molecule has 1 amide bonds. The van der Waals surface area contributed by atoms with Gasteiger partial charge in [-0.25, -0.2) is 0 Å². The number of nitrogens with one attached hydrogen (secondary N) is 1. The van der Waals surface area contributed by atoms with Gasteiger partial charge in [0.15, 0.2) is 5.69 Å². The lowest BCUT2D eigenvalue weighted by Gasteiger charge is -2.25. The van der Waals surface area contributed by atoms with Crippen molar-refractivity contribution in [2.24, 2.45) is 10.2 Å². The first-order valence-corrected chi connectivity index (χ1v) is 9.78. The fraction of sp³-hybridized carbons (Fsp3) is 0.300. The van der Waals surface area contributed by atoms with Gasteiger partial charge in [0.25, 0.3) is 0 Å². The average molecular weight is 473 g/mol. The number of ether oxygens (including phenoxy) is 1. The number of nitro benzene ring substituents is 2. The highest BCUT2D eigenvalue weighted by atomic mass is 19.1. The van der Waals surface area contributed by atoms with Crippen LogP contribution in [0, 0.1) is 37.4 Å². The van der Waals surface area contributed by atoms with Gasteiger partial charge in [-0.3, -0.25) is 25.0 Å². The second-order valence-corrected chi connectivity index (χ2v) is 6.72. The molecule has 2 rings (SSSR count). The molecule has 0 unspecified atom stereocenters. The van der Waals surface area contributed by atoms with Gasteiger partial charge >= 0.3 is 11.4 Å². The summed E-state index contributed by atoms with van der Waals surface area (Å²) in [5.41, 5.74) is -1.71. The molecule has 0 aliphatic heterocycles. The number of carbonyl (C=O) groups is 1. The summed E-state index contributed by atoms with van der Waals surface area (Å²) in [7, 11) is 1.40. The number of hydrogen-bond acceptors (Lipinski definition) is 10. The van der Waals surface area contributed by atoms with Gasteiger partial charge in [0.2, 0.25) is 11.7 Å². The van der Waals surface area contributed by atoms with Crippen molar-refractivity contribution in [1.82, 2.24) is 0 Å². The molecule has 0 fully saturated rings. The molecule has 0 aliphatic rings. The van der Waals surface area contributed by atoms with E-state index in [1.165, 1.54) is 20.1 Å². The molecule has 0 radical (unpaired) electrons. The lowest BCUT2D eigenvalue weighted by Crippen LogP contribution is -2.24. The summed E-state index contributed by atoms with van der Waals surface area (Å²) in [6.45, 7) is 4.03. The minimum Gasteiger partial charge on any atom is -0.494 e. The Bertz CT molecular complexity index is 1190. The number of benzene rings is 2. The first kappa shape index (κ1) is 25.6. The Kier molecular flexibility index (Phi) is 8.48. The van der Waals surface area contributed by atoms with Crippen molar-refractivity contribution in [2.45, 2.75) is 20.3 Å². The number of methoxy groups -OCH3 is 1. The van der Waals surface area contributed by atoms with E-state index in [2.05, 4.69) is 21.6 Å². The largest absolute Gasteiger partial charge is 0.494 e. The SMILES string of the molecule is CCN(CCC#N)c1cc(NC(C)=O)c(/N=N/c2cc(F)c([N+](=O)[O-])cc2[N+](=O)[O-])cc1OC. The van der Waals surface area contributed by atoms with Gasteiger partial charge < -0.3 is 15.0 Å². The third kappa shape index (κ3) is 5.97. The van der Waals surface area contributed by atoms with E-state index in [1.807, 2.05) is 11.8 Å². The molecule has 0 spiro atoms. The van der Waals surface area contributed by atoms with Crippen molar-refractivity contribution in [2.75, 3.05) is 30.4 Å². The topological polar surface area (TPSA) is 176 Å². The second-order valence-electron chi connectivity index (χ2n) is 6.72. The van der Waals surface area contributed by atoms with Crippen LogP contribution in [0.2, 0.25) is 0 Å². The fourth-order valence-corrected chi connectivity index (χ4v) is 2.99. The standard InChI is InChI=1S/C20H20FN7O6/c1-4-26(7-5-6-22)19-9-14(23-12(2)29)15(10-20(19)34-3)24-25-16-8-13(21)17(27(30)31)11-18(16)28(32)33/h8-11H,4-5,7H2,1-3H3,(H,23,29)/b25-24+. The van der Waals surface area contributed by atoms with Crippen LogP contribution in [0.1, 0.15) is 20.3 Å². The molecule has 0 saturated carbocycles. The molecule has 0 aromatic heterocycles. The number of azo groups is 1. The number of halogens is 1. The van der Waals surface area contributed by atoms with E-state index < -0.39 is 38.6 Å². The first-order chi connectivity index (χ1) is 16.1. The van der Waals surface area contributed by atoms with Crippen LogP contribution in [-0.4, -0.2) is 36.0 Å². The Balaban J connectivity index is 2.64. The van der Waals surface area contributed by atoms with E-state index in [9.17, 15) is 29.4 Å².